The third-order valence-corrected chi connectivity index (χ3v) is 3.99. The Bertz CT molecular complexity index is 468. The molecular formula is C17H23ClO2. The van der Waals surface area contributed by atoms with Crippen molar-refractivity contribution in [1.29, 1.82) is 0 Å². The molecule has 0 aromatic heterocycles. The average molecular weight is 295 g/mol. The Morgan fingerprint density at radius 2 is 2.05 bits per heavy atom. The molecule has 110 valence electrons. The molecule has 20 heavy (non-hydrogen) atoms. The maximum Gasteiger partial charge on any atom is 0.137 e. The van der Waals surface area contributed by atoms with E-state index in [0.29, 0.717) is 30.3 Å². The lowest BCUT2D eigenvalue weighted by molar-refractivity contribution is -0.118. The van der Waals surface area contributed by atoms with E-state index in [0.717, 1.165) is 36.1 Å². The smallest absolute Gasteiger partial charge is 0.137 e. The second kappa shape index (κ2) is 7.68. The summed E-state index contributed by atoms with van der Waals surface area (Å²) < 4.78 is 5.63. The monoisotopic (exact) mass is 294 g/mol. The highest BCUT2D eigenvalue weighted by Gasteiger charge is 2.19. The second-order valence-electron chi connectivity index (χ2n) is 5.53. The summed E-state index contributed by atoms with van der Waals surface area (Å²) in [6.45, 7) is 2.90. The summed E-state index contributed by atoms with van der Waals surface area (Å²) >= 11 is 6.11. The number of ketones is 1. The fraction of sp³-hybridized carbons (Fsp3) is 0.588. The number of unbranched alkanes of at least 4 members (excludes halogenated alkanes) is 4. The molecule has 1 aromatic carbocycles. The van der Waals surface area contributed by atoms with Gasteiger partial charge in [0.05, 0.1) is 6.61 Å². The van der Waals surface area contributed by atoms with Crippen LogP contribution in [0, 0.1) is 0 Å². The molecule has 1 aromatic rings. The van der Waals surface area contributed by atoms with Gasteiger partial charge in [-0.05, 0) is 24.1 Å². The predicted molar refractivity (Wildman–Crippen MR) is 82.7 cm³/mol. The van der Waals surface area contributed by atoms with Gasteiger partial charge in [0, 0.05) is 29.8 Å². The number of Topliss-reactive ketones (excluding diaryl/α,β-unsaturated/α-hetero) is 1. The zero-order valence-corrected chi connectivity index (χ0v) is 13.0. The van der Waals surface area contributed by atoms with Gasteiger partial charge in [0.1, 0.15) is 11.5 Å². The number of carbonyl (C=O) groups is 1. The van der Waals surface area contributed by atoms with Crippen LogP contribution in [0.5, 0.6) is 5.75 Å². The van der Waals surface area contributed by atoms with Crippen molar-refractivity contribution in [1.82, 2.24) is 0 Å². The highest BCUT2D eigenvalue weighted by Crippen LogP contribution is 2.33. The van der Waals surface area contributed by atoms with Gasteiger partial charge in [-0.3, -0.25) is 4.79 Å². The lowest BCUT2D eigenvalue weighted by atomic mass is 10.0. The summed E-state index contributed by atoms with van der Waals surface area (Å²) in [6.07, 6.45) is 7.92. The first-order valence-electron chi connectivity index (χ1n) is 7.66. The van der Waals surface area contributed by atoms with Gasteiger partial charge in [-0.15, -0.1) is 0 Å². The number of benzene rings is 1. The number of fused-ring (bicyclic) bond motifs is 1. The first-order chi connectivity index (χ1) is 9.70. The number of carbonyl (C=O) groups excluding carboxylic acids is 1. The summed E-state index contributed by atoms with van der Waals surface area (Å²) in [6, 6.07) is 3.82. The van der Waals surface area contributed by atoms with Crippen molar-refractivity contribution in [2.45, 2.75) is 58.3 Å². The Balaban J connectivity index is 1.85. The number of hydrogen-bond donors (Lipinski definition) is 0. The predicted octanol–water partition coefficient (Wildman–Crippen LogP) is 4.75. The van der Waals surface area contributed by atoms with Crippen LogP contribution in [0.4, 0.5) is 0 Å². The Morgan fingerprint density at radius 3 is 2.85 bits per heavy atom. The normalized spacial score (nSPS) is 13.1. The molecule has 0 spiro atoms. The van der Waals surface area contributed by atoms with Gasteiger partial charge in [-0.25, -0.2) is 0 Å². The Kier molecular flexibility index (Phi) is 5.90. The van der Waals surface area contributed by atoms with Crippen LogP contribution in [-0.2, 0) is 17.6 Å². The molecule has 0 saturated carbocycles. The van der Waals surface area contributed by atoms with E-state index in [4.69, 9.17) is 16.3 Å². The molecular weight excluding hydrogens is 272 g/mol. The second-order valence-corrected chi connectivity index (χ2v) is 5.97. The van der Waals surface area contributed by atoms with Gasteiger partial charge < -0.3 is 4.74 Å². The summed E-state index contributed by atoms with van der Waals surface area (Å²) in [5.41, 5.74) is 2.10. The minimum atomic E-state index is 0.293. The van der Waals surface area contributed by atoms with E-state index in [1.807, 2.05) is 12.1 Å². The van der Waals surface area contributed by atoms with Gasteiger partial charge >= 0.3 is 0 Å². The highest BCUT2D eigenvalue weighted by molar-refractivity contribution is 6.30. The van der Waals surface area contributed by atoms with Crippen molar-refractivity contribution in [3.8, 4) is 5.75 Å². The zero-order chi connectivity index (χ0) is 14.4. The fourth-order valence-electron chi connectivity index (χ4n) is 2.70. The molecule has 0 fully saturated rings. The molecule has 1 aliphatic rings. The number of hydrogen-bond acceptors (Lipinski definition) is 2. The SMILES string of the molecule is CCCCCCCC(=O)Cc1cc(Cl)cc2c1OCC2. The van der Waals surface area contributed by atoms with Gasteiger partial charge in [0.2, 0.25) is 0 Å². The lowest BCUT2D eigenvalue weighted by Gasteiger charge is -2.08. The van der Waals surface area contributed by atoms with Gasteiger partial charge in [0.25, 0.3) is 0 Å². The number of rotatable bonds is 8. The van der Waals surface area contributed by atoms with E-state index < -0.39 is 0 Å². The van der Waals surface area contributed by atoms with Crippen LogP contribution in [0.3, 0.4) is 0 Å². The van der Waals surface area contributed by atoms with Crippen molar-refractivity contribution >= 4 is 17.4 Å². The summed E-state index contributed by atoms with van der Waals surface area (Å²) in [4.78, 5) is 12.1. The molecule has 0 aliphatic carbocycles. The summed E-state index contributed by atoms with van der Waals surface area (Å²) in [7, 11) is 0. The Hall–Kier alpha value is -1.02. The van der Waals surface area contributed by atoms with Crippen molar-refractivity contribution in [3.05, 3.63) is 28.3 Å². The van der Waals surface area contributed by atoms with E-state index in [1.165, 1.54) is 19.3 Å². The van der Waals surface area contributed by atoms with Crippen molar-refractivity contribution < 1.29 is 9.53 Å². The lowest BCUT2D eigenvalue weighted by Crippen LogP contribution is -2.04. The maximum atomic E-state index is 12.1. The molecule has 2 rings (SSSR count). The van der Waals surface area contributed by atoms with E-state index in [1.54, 1.807) is 0 Å². The number of halogens is 1. The molecule has 0 unspecified atom stereocenters. The Morgan fingerprint density at radius 1 is 1.25 bits per heavy atom. The minimum absolute atomic E-state index is 0.293. The number of ether oxygens (including phenoxy) is 1. The van der Waals surface area contributed by atoms with Crippen molar-refractivity contribution in [2.24, 2.45) is 0 Å². The summed E-state index contributed by atoms with van der Waals surface area (Å²) in [5.74, 6) is 1.19. The van der Waals surface area contributed by atoms with Crippen LogP contribution in [0.25, 0.3) is 0 Å². The quantitative estimate of drug-likeness (QED) is 0.647. The van der Waals surface area contributed by atoms with Crippen LogP contribution in [-0.4, -0.2) is 12.4 Å². The van der Waals surface area contributed by atoms with Crippen molar-refractivity contribution in [3.63, 3.8) is 0 Å². The third kappa shape index (κ3) is 4.24. The topological polar surface area (TPSA) is 26.3 Å². The standard InChI is InChI=1S/C17H23ClO2/c1-2-3-4-5-6-7-16(19)12-14-11-15(18)10-13-8-9-20-17(13)14/h10-11H,2-9,12H2,1H3. The maximum absolute atomic E-state index is 12.1. The van der Waals surface area contributed by atoms with E-state index >= 15 is 0 Å². The van der Waals surface area contributed by atoms with E-state index in [9.17, 15) is 4.79 Å². The average Bonchev–Trinajstić information content (AvgIpc) is 2.86. The first kappa shape index (κ1) is 15.4. The molecule has 0 bridgehead atoms. The molecule has 0 saturated heterocycles. The molecule has 0 radical (unpaired) electrons. The summed E-state index contributed by atoms with van der Waals surface area (Å²) in [5, 5.41) is 0.708. The minimum Gasteiger partial charge on any atom is -0.493 e. The van der Waals surface area contributed by atoms with Crippen LogP contribution in [0.1, 0.15) is 56.6 Å². The largest absolute Gasteiger partial charge is 0.493 e. The first-order valence-corrected chi connectivity index (χ1v) is 8.04. The molecule has 0 N–H and O–H groups in total. The molecule has 0 atom stereocenters. The van der Waals surface area contributed by atoms with Crippen molar-refractivity contribution in [2.75, 3.05) is 6.61 Å². The van der Waals surface area contributed by atoms with Crippen LogP contribution < -0.4 is 4.74 Å². The molecule has 2 nitrogen and oxygen atoms in total. The van der Waals surface area contributed by atoms with Crippen LogP contribution >= 0.6 is 11.6 Å². The van der Waals surface area contributed by atoms with E-state index in [-0.39, 0.29) is 0 Å². The molecule has 0 amide bonds. The van der Waals surface area contributed by atoms with Crippen LogP contribution in [0.2, 0.25) is 5.02 Å². The van der Waals surface area contributed by atoms with Gasteiger partial charge in [0.15, 0.2) is 0 Å². The molecule has 1 heterocycles. The van der Waals surface area contributed by atoms with E-state index in [2.05, 4.69) is 6.92 Å². The highest BCUT2D eigenvalue weighted by atomic mass is 35.5. The Labute approximate surface area is 126 Å². The van der Waals surface area contributed by atoms with Gasteiger partial charge in [-0.1, -0.05) is 44.2 Å². The molecule has 1 aliphatic heterocycles. The zero-order valence-electron chi connectivity index (χ0n) is 12.2. The third-order valence-electron chi connectivity index (χ3n) is 3.77. The molecule has 3 heteroatoms. The van der Waals surface area contributed by atoms with Crippen LogP contribution in [0.15, 0.2) is 12.1 Å². The fourth-order valence-corrected chi connectivity index (χ4v) is 2.97. The van der Waals surface area contributed by atoms with Gasteiger partial charge in [-0.2, -0.15) is 0 Å².